The van der Waals surface area contributed by atoms with Crippen molar-refractivity contribution in [3.63, 3.8) is 0 Å². The second kappa shape index (κ2) is 5.19. The van der Waals surface area contributed by atoms with E-state index in [1.54, 1.807) is 6.07 Å². The van der Waals surface area contributed by atoms with E-state index in [-0.39, 0.29) is 11.2 Å². The van der Waals surface area contributed by atoms with Crippen LogP contribution in [0.2, 0.25) is 0 Å². The molecule has 3 nitrogen and oxygen atoms in total. The zero-order valence-electron chi connectivity index (χ0n) is 10.9. The Labute approximate surface area is 105 Å². The van der Waals surface area contributed by atoms with Crippen molar-refractivity contribution in [3.05, 3.63) is 23.8 Å². The van der Waals surface area contributed by atoms with Crippen molar-refractivity contribution in [2.75, 3.05) is 11.5 Å². The van der Waals surface area contributed by atoms with Gasteiger partial charge in [0.25, 0.3) is 0 Å². The molecule has 2 atom stereocenters. The standard InChI is InChI=1S/C13H21NO2S/c1-9-5-6-10(14)11(7-9)17(16)8-12(15)13(2,3)4/h5-7,12,15H,8,14H2,1-4H3. The first-order chi connectivity index (χ1) is 7.71. The summed E-state index contributed by atoms with van der Waals surface area (Å²) in [5.41, 5.74) is 7.08. The van der Waals surface area contributed by atoms with Crippen molar-refractivity contribution in [3.8, 4) is 0 Å². The number of nitrogen functional groups attached to an aromatic ring is 1. The zero-order valence-corrected chi connectivity index (χ0v) is 11.7. The lowest BCUT2D eigenvalue weighted by Gasteiger charge is -2.25. The van der Waals surface area contributed by atoms with Crippen molar-refractivity contribution < 1.29 is 9.32 Å². The molecule has 0 aromatic heterocycles. The van der Waals surface area contributed by atoms with Crippen LogP contribution < -0.4 is 5.73 Å². The lowest BCUT2D eigenvalue weighted by Crippen LogP contribution is -2.31. The fraction of sp³-hybridized carbons (Fsp3) is 0.538. The summed E-state index contributed by atoms with van der Waals surface area (Å²) in [6.07, 6.45) is -0.608. The van der Waals surface area contributed by atoms with E-state index in [1.165, 1.54) is 0 Å². The second-order valence-electron chi connectivity index (χ2n) is 5.44. The highest BCUT2D eigenvalue weighted by Gasteiger charge is 2.25. The number of benzene rings is 1. The molecule has 0 aliphatic heterocycles. The number of hydrogen-bond acceptors (Lipinski definition) is 3. The van der Waals surface area contributed by atoms with E-state index in [9.17, 15) is 9.32 Å². The molecule has 1 aromatic carbocycles. The summed E-state index contributed by atoms with van der Waals surface area (Å²) in [6, 6.07) is 5.46. The lowest BCUT2D eigenvalue weighted by atomic mass is 9.90. The molecule has 0 heterocycles. The summed E-state index contributed by atoms with van der Waals surface area (Å²) in [6.45, 7) is 7.71. The number of aryl methyl sites for hydroxylation is 1. The van der Waals surface area contributed by atoms with Gasteiger partial charge in [-0.3, -0.25) is 4.21 Å². The van der Waals surface area contributed by atoms with Crippen molar-refractivity contribution in [1.29, 1.82) is 0 Å². The number of rotatable bonds is 3. The van der Waals surface area contributed by atoms with Crippen LogP contribution in [0.3, 0.4) is 0 Å². The fourth-order valence-corrected chi connectivity index (χ4v) is 2.94. The van der Waals surface area contributed by atoms with Gasteiger partial charge in [0.1, 0.15) is 0 Å². The van der Waals surface area contributed by atoms with Crippen LogP contribution >= 0.6 is 0 Å². The van der Waals surface area contributed by atoms with E-state index in [1.807, 2.05) is 39.8 Å². The first-order valence-electron chi connectivity index (χ1n) is 5.64. The summed E-state index contributed by atoms with van der Waals surface area (Å²) in [5, 5.41) is 9.94. The minimum absolute atomic E-state index is 0.219. The molecule has 96 valence electrons. The summed E-state index contributed by atoms with van der Waals surface area (Å²) in [4.78, 5) is 0.619. The Morgan fingerprint density at radius 1 is 1.41 bits per heavy atom. The first-order valence-corrected chi connectivity index (χ1v) is 6.96. The lowest BCUT2D eigenvalue weighted by molar-refractivity contribution is 0.0835. The molecule has 4 heteroatoms. The Morgan fingerprint density at radius 3 is 2.53 bits per heavy atom. The molecule has 0 fully saturated rings. The molecule has 0 amide bonds. The maximum absolute atomic E-state index is 12.1. The Bertz CT molecular complexity index is 424. The van der Waals surface area contributed by atoms with Gasteiger partial charge in [-0.05, 0) is 30.0 Å². The highest BCUT2D eigenvalue weighted by atomic mass is 32.2. The zero-order chi connectivity index (χ0) is 13.2. The van der Waals surface area contributed by atoms with E-state index < -0.39 is 16.9 Å². The largest absolute Gasteiger partial charge is 0.398 e. The molecule has 0 bridgehead atoms. The molecule has 0 radical (unpaired) electrons. The van der Waals surface area contributed by atoms with Crippen molar-refractivity contribution >= 4 is 16.5 Å². The molecule has 3 N–H and O–H groups in total. The highest BCUT2D eigenvalue weighted by molar-refractivity contribution is 7.85. The molecule has 0 spiro atoms. The average molecular weight is 255 g/mol. The Morgan fingerprint density at radius 2 is 2.00 bits per heavy atom. The van der Waals surface area contributed by atoms with Crippen LogP contribution in [0.4, 0.5) is 5.69 Å². The molecule has 2 unspecified atom stereocenters. The van der Waals surface area contributed by atoms with E-state index in [0.717, 1.165) is 5.56 Å². The van der Waals surface area contributed by atoms with Gasteiger partial charge < -0.3 is 10.8 Å². The second-order valence-corrected chi connectivity index (χ2v) is 6.90. The van der Waals surface area contributed by atoms with Gasteiger partial charge in [-0.15, -0.1) is 0 Å². The summed E-state index contributed by atoms with van der Waals surface area (Å²) in [5.74, 6) is 0.219. The maximum Gasteiger partial charge on any atom is 0.0707 e. The summed E-state index contributed by atoms with van der Waals surface area (Å²) < 4.78 is 12.1. The average Bonchev–Trinajstić information content (AvgIpc) is 2.20. The Balaban J connectivity index is 2.87. The minimum atomic E-state index is -1.26. The predicted octanol–water partition coefficient (Wildman–Crippen LogP) is 2.09. The number of hydrogen-bond donors (Lipinski definition) is 2. The SMILES string of the molecule is Cc1ccc(N)c(S(=O)CC(O)C(C)(C)C)c1. The molecule has 0 saturated heterocycles. The van der Waals surface area contributed by atoms with Gasteiger partial charge in [0.15, 0.2) is 0 Å². The van der Waals surface area contributed by atoms with Crippen LogP contribution in [-0.4, -0.2) is 21.2 Å². The normalized spacial score (nSPS) is 15.6. The first kappa shape index (κ1) is 14.2. The molecular weight excluding hydrogens is 234 g/mol. The topological polar surface area (TPSA) is 63.3 Å². The van der Waals surface area contributed by atoms with Gasteiger partial charge in [0.2, 0.25) is 0 Å². The Kier molecular flexibility index (Phi) is 4.33. The smallest absolute Gasteiger partial charge is 0.0707 e. The summed E-state index contributed by atoms with van der Waals surface area (Å²) >= 11 is 0. The predicted molar refractivity (Wildman–Crippen MR) is 72.3 cm³/mol. The fourth-order valence-electron chi connectivity index (χ4n) is 1.32. The third kappa shape index (κ3) is 3.82. The molecule has 0 aliphatic carbocycles. The van der Waals surface area contributed by atoms with Crippen molar-refractivity contribution in [1.82, 2.24) is 0 Å². The van der Waals surface area contributed by atoms with E-state index >= 15 is 0 Å². The van der Waals surface area contributed by atoms with Crippen LogP contribution in [-0.2, 0) is 10.8 Å². The van der Waals surface area contributed by atoms with Gasteiger partial charge in [0, 0.05) is 5.69 Å². The molecular formula is C13H21NO2S. The molecule has 0 saturated carbocycles. The van der Waals surface area contributed by atoms with Crippen LogP contribution in [0.25, 0.3) is 0 Å². The van der Waals surface area contributed by atoms with Gasteiger partial charge in [-0.25, -0.2) is 0 Å². The van der Waals surface area contributed by atoms with Crippen molar-refractivity contribution in [2.45, 2.75) is 38.7 Å². The quantitative estimate of drug-likeness (QED) is 0.813. The van der Waals surface area contributed by atoms with E-state index in [2.05, 4.69) is 0 Å². The molecule has 0 aliphatic rings. The van der Waals surface area contributed by atoms with Gasteiger partial charge in [-0.1, -0.05) is 26.8 Å². The molecule has 1 rings (SSSR count). The van der Waals surface area contributed by atoms with E-state index in [4.69, 9.17) is 5.73 Å². The minimum Gasteiger partial charge on any atom is -0.398 e. The monoisotopic (exact) mass is 255 g/mol. The van der Waals surface area contributed by atoms with Gasteiger partial charge >= 0.3 is 0 Å². The van der Waals surface area contributed by atoms with Crippen LogP contribution in [0, 0.1) is 12.3 Å². The number of anilines is 1. The van der Waals surface area contributed by atoms with Crippen LogP contribution in [0.15, 0.2) is 23.1 Å². The van der Waals surface area contributed by atoms with Crippen molar-refractivity contribution in [2.24, 2.45) is 5.41 Å². The molecule has 1 aromatic rings. The maximum atomic E-state index is 12.1. The third-order valence-electron chi connectivity index (χ3n) is 2.72. The van der Waals surface area contributed by atoms with Gasteiger partial charge in [-0.2, -0.15) is 0 Å². The Hall–Kier alpha value is -0.870. The number of aliphatic hydroxyl groups is 1. The van der Waals surface area contributed by atoms with Crippen LogP contribution in [0.5, 0.6) is 0 Å². The molecule has 17 heavy (non-hydrogen) atoms. The van der Waals surface area contributed by atoms with Crippen LogP contribution in [0.1, 0.15) is 26.3 Å². The third-order valence-corrected chi connectivity index (χ3v) is 4.19. The van der Waals surface area contributed by atoms with Gasteiger partial charge in [0.05, 0.1) is 27.6 Å². The highest BCUT2D eigenvalue weighted by Crippen LogP contribution is 2.24. The summed E-state index contributed by atoms with van der Waals surface area (Å²) in [7, 11) is -1.26. The van der Waals surface area contributed by atoms with E-state index in [0.29, 0.717) is 10.6 Å². The number of nitrogens with two attached hydrogens (primary N) is 1. The number of aliphatic hydroxyl groups excluding tert-OH is 1.